The highest BCUT2D eigenvalue weighted by Crippen LogP contribution is 2.29. The van der Waals surface area contributed by atoms with Gasteiger partial charge in [-0.15, -0.1) is 24.0 Å². The van der Waals surface area contributed by atoms with Crippen LogP contribution in [0.2, 0.25) is 0 Å². The number of aliphatic imine (C=N–C) groups is 1. The van der Waals surface area contributed by atoms with E-state index in [0.717, 1.165) is 12.1 Å². The minimum absolute atomic E-state index is 0. The molecule has 0 aromatic heterocycles. The number of piperazine rings is 1. The molecular weight excluding hydrogens is 538 g/mol. The molecule has 0 saturated carbocycles. The highest BCUT2D eigenvalue weighted by Gasteiger charge is 2.30. The Morgan fingerprint density at radius 3 is 2.56 bits per heavy atom. The van der Waals surface area contributed by atoms with E-state index < -0.39 is 11.7 Å². The fourth-order valence-electron chi connectivity index (χ4n) is 3.04. The van der Waals surface area contributed by atoms with Crippen LogP contribution in [0.25, 0.3) is 0 Å². The molecule has 1 aromatic rings. The third-order valence-corrected chi connectivity index (χ3v) is 4.64. The molecule has 1 aliphatic heterocycles. The molecule has 2 rings (SSSR count). The van der Waals surface area contributed by atoms with E-state index in [-0.39, 0.29) is 36.4 Å². The summed E-state index contributed by atoms with van der Waals surface area (Å²) >= 11 is 0. The summed E-state index contributed by atoms with van der Waals surface area (Å²) in [5.74, 6) is 6.21. The van der Waals surface area contributed by atoms with E-state index in [1.165, 1.54) is 6.07 Å². The van der Waals surface area contributed by atoms with Gasteiger partial charge in [0.2, 0.25) is 5.91 Å². The van der Waals surface area contributed by atoms with Crippen molar-refractivity contribution in [3.8, 4) is 11.8 Å². The van der Waals surface area contributed by atoms with E-state index in [1.807, 2.05) is 0 Å². The number of alkyl halides is 3. The Morgan fingerprint density at radius 1 is 1.22 bits per heavy atom. The van der Waals surface area contributed by atoms with Crippen LogP contribution < -0.4 is 10.6 Å². The minimum Gasteiger partial charge on any atom is -0.383 e. The van der Waals surface area contributed by atoms with Crippen molar-refractivity contribution in [1.29, 1.82) is 0 Å². The lowest BCUT2D eigenvalue weighted by atomic mass is 10.1. The molecule has 1 heterocycles. The molecule has 1 aliphatic rings. The molecule has 0 bridgehead atoms. The zero-order valence-corrected chi connectivity index (χ0v) is 20.5. The van der Waals surface area contributed by atoms with Crippen molar-refractivity contribution in [2.75, 3.05) is 66.6 Å². The number of amides is 1. The summed E-state index contributed by atoms with van der Waals surface area (Å²) in [5, 5.41) is 5.92. The standard InChI is InChI=1S/C21H28F3N5O2.HI/c1-25-20(27-8-4-6-17-5-3-7-18(15-17)21(22,23)24)29-12-10-28(11-13-29)16-19(30)26-9-14-31-2;/h3,5,7,15H,8-14,16H2,1-2H3,(H,25,27)(H,26,30);1H. The second-order valence-corrected chi connectivity index (χ2v) is 6.89. The first-order valence-electron chi connectivity index (χ1n) is 9.93. The maximum absolute atomic E-state index is 12.8. The molecule has 178 valence electrons. The van der Waals surface area contributed by atoms with Gasteiger partial charge in [0.25, 0.3) is 0 Å². The summed E-state index contributed by atoms with van der Waals surface area (Å²) in [6.45, 7) is 4.41. The van der Waals surface area contributed by atoms with E-state index in [0.29, 0.717) is 57.4 Å². The van der Waals surface area contributed by atoms with Gasteiger partial charge in [-0.3, -0.25) is 14.7 Å². The van der Waals surface area contributed by atoms with Gasteiger partial charge in [-0.25, -0.2) is 0 Å². The zero-order chi connectivity index (χ0) is 22.7. The Labute approximate surface area is 203 Å². The molecule has 11 heteroatoms. The van der Waals surface area contributed by atoms with Gasteiger partial charge in [-0.1, -0.05) is 17.9 Å². The fraction of sp³-hybridized carbons (Fsp3) is 0.524. The predicted molar refractivity (Wildman–Crippen MR) is 128 cm³/mol. The highest BCUT2D eigenvalue weighted by atomic mass is 127. The van der Waals surface area contributed by atoms with E-state index >= 15 is 0 Å². The first-order chi connectivity index (χ1) is 14.8. The van der Waals surface area contributed by atoms with Crippen molar-refractivity contribution in [3.05, 3.63) is 35.4 Å². The van der Waals surface area contributed by atoms with Gasteiger partial charge in [0.15, 0.2) is 5.96 Å². The SMILES string of the molecule is CN=C(NCC#Cc1cccc(C(F)(F)F)c1)N1CCN(CC(=O)NCCOC)CC1.I. The molecule has 0 spiro atoms. The van der Waals surface area contributed by atoms with Gasteiger partial charge in [-0.2, -0.15) is 13.2 Å². The van der Waals surface area contributed by atoms with E-state index in [1.54, 1.807) is 20.2 Å². The lowest BCUT2D eigenvalue weighted by molar-refractivity contribution is -0.137. The molecule has 0 unspecified atom stereocenters. The predicted octanol–water partition coefficient (Wildman–Crippen LogP) is 1.63. The largest absolute Gasteiger partial charge is 0.416 e. The Morgan fingerprint density at radius 2 is 1.94 bits per heavy atom. The van der Waals surface area contributed by atoms with Gasteiger partial charge >= 0.3 is 6.18 Å². The van der Waals surface area contributed by atoms with Crippen molar-refractivity contribution in [3.63, 3.8) is 0 Å². The number of nitrogens with zero attached hydrogens (tertiary/aromatic N) is 3. The van der Waals surface area contributed by atoms with Crippen LogP contribution in [-0.4, -0.2) is 88.2 Å². The molecule has 0 radical (unpaired) electrons. The third-order valence-electron chi connectivity index (χ3n) is 4.64. The fourth-order valence-corrected chi connectivity index (χ4v) is 3.04. The monoisotopic (exact) mass is 567 g/mol. The number of nitrogens with one attached hydrogen (secondary N) is 2. The number of halogens is 4. The average molecular weight is 567 g/mol. The van der Waals surface area contributed by atoms with Gasteiger partial charge in [0, 0.05) is 52.4 Å². The van der Waals surface area contributed by atoms with E-state index in [2.05, 4.69) is 37.3 Å². The van der Waals surface area contributed by atoms with Crippen molar-refractivity contribution in [2.24, 2.45) is 4.99 Å². The highest BCUT2D eigenvalue weighted by molar-refractivity contribution is 14.0. The van der Waals surface area contributed by atoms with Crippen molar-refractivity contribution >= 4 is 35.8 Å². The van der Waals surface area contributed by atoms with Crippen LogP contribution in [0, 0.1) is 11.8 Å². The minimum atomic E-state index is -4.38. The Kier molecular flexibility index (Phi) is 12.4. The van der Waals surface area contributed by atoms with Gasteiger partial charge < -0.3 is 20.3 Å². The summed E-state index contributed by atoms with van der Waals surface area (Å²) in [7, 11) is 3.25. The number of ether oxygens (including phenoxy) is 1. The number of benzene rings is 1. The van der Waals surface area contributed by atoms with E-state index in [9.17, 15) is 18.0 Å². The number of hydrogen-bond donors (Lipinski definition) is 2. The molecular formula is C21H29F3IN5O2. The number of methoxy groups -OCH3 is 1. The second kappa shape index (κ2) is 14.2. The average Bonchev–Trinajstić information content (AvgIpc) is 2.74. The molecule has 1 saturated heterocycles. The number of carbonyl (C=O) groups excluding carboxylic acids is 1. The summed E-state index contributed by atoms with van der Waals surface area (Å²) < 4.78 is 43.2. The summed E-state index contributed by atoms with van der Waals surface area (Å²) in [4.78, 5) is 20.3. The van der Waals surface area contributed by atoms with Gasteiger partial charge in [-0.05, 0) is 18.2 Å². The maximum Gasteiger partial charge on any atom is 0.416 e. The Balaban J connectivity index is 0.00000512. The van der Waals surface area contributed by atoms with Crippen LogP contribution in [0.4, 0.5) is 13.2 Å². The summed E-state index contributed by atoms with van der Waals surface area (Å²) in [6.07, 6.45) is -4.38. The molecule has 7 nitrogen and oxygen atoms in total. The molecule has 2 N–H and O–H groups in total. The first-order valence-corrected chi connectivity index (χ1v) is 9.93. The van der Waals surface area contributed by atoms with Crippen LogP contribution in [0.15, 0.2) is 29.3 Å². The molecule has 1 fully saturated rings. The van der Waals surface area contributed by atoms with E-state index in [4.69, 9.17) is 4.74 Å². The maximum atomic E-state index is 12.8. The first kappa shape index (κ1) is 28.0. The van der Waals surface area contributed by atoms with Crippen LogP contribution in [0.3, 0.4) is 0 Å². The Hall–Kier alpha value is -2.04. The molecule has 0 atom stereocenters. The van der Waals surface area contributed by atoms with Crippen molar-refractivity contribution in [2.45, 2.75) is 6.18 Å². The molecule has 1 amide bonds. The van der Waals surface area contributed by atoms with Crippen molar-refractivity contribution in [1.82, 2.24) is 20.4 Å². The van der Waals surface area contributed by atoms with Crippen molar-refractivity contribution < 1.29 is 22.7 Å². The number of rotatable bonds is 6. The normalized spacial score (nSPS) is 14.8. The third kappa shape index (κ3) is 9.62. The summed E-state index contributed by atoms with van der Waals surface area (Å²) in [5.41, 5.74) is -0.405. The number of guanidine groups is 1. The van der Waals surface area contributed by atoms with Crippen LogP contribution >= 0.6 is 24.0 Å². The topological polar surface area (TPSA) is 69.2 Å². The lowest BCUT2D eigenvalue weighted by Gasteiger charge is -2.36. The quantitative estimate of drug-likeness (QED) is 0.180. The van der Waals surface area contributed by atoms with Crippen LogP contribution in [0.5, 0.6) is 0 Å². The number of carbonyl (C=O) groups is 1. The lowest BCUT2D eigenvalue weighted by Crippen LogP contribution is -2.54. The summed E-state index contributed by atoms with van der Waals surface area (Å²) in [6, 6.07) is 4.94. The zero-order valence-electron chi connectivity index (χ0n) is 18.2. The molecule has 32 heavy (non-hydrogen) atoms. The second-order valence-electron chi connectivity index (χ2n) is 6.89. The van der Waals surface area contributed by atoms with Gasteiger partial charge in [0.05, 0.1) is 25.3 Å². The van der Waals surface area contributed by atoms with Crippen LogP contribution in [-0.2, 0) is 15.7 Å². The Bertz CT molecular complexity index is 816. The molecule has 0 aliphatic carbocycles. The van der Waals surface area contributed by atoms with Gasteiger partial charge in [0.1, 0.15) is 0 Å². The number of hydrogen-bond acceptors (Lipinski definition) is 4. The smallest absolute Gasteiger partial charge is 0.383 e. The van der Waals surface area contributed by atoms with Crippen LogP contribution in [0.1, 0.15) is 11.1 Å². The molecule has 1 aromatic carbocycles.